The van der Waals surface area contributed by atoms with E-state index in [9.17, 15) is 4.79 Å². The van der Waals surface area contributed by atoms with E-state index in [1.165, 1.54) is 6.20 Å². The van der Waals surface area contributed by atoms with E-state index < -0.39 is 5.91 Å². The summed E-state index contributed by atoms with van der Waals surface area (Å²) in [4.78, 5) is 20.1. The molecule has 0 saturated carbocycles. The number of hydrogen-bond acceptors (Lipinski definition) is 10. The summed E-state index contributed by atoms with van der Waals surface area (Å²) in [6.45, 7) is 0.811. The lowest BCUT2D eigenvalue weighted by Gasteiger charge is -2.14. The lowest BCUT2D eigenvalue weighted by atomic mass is 10.2. The fourth-order valence-electron chi connectivity index (χ4n) is 2.27. The molecule has 3 rings (SSSR count). The summed E-state index contributed by atoms with van der Waals surface area (Å²) in [5, 5.41) is 6.10. The number of primary amides is 1. The van der Waals surface area contributed by atoms with E-state index in [0.717, 1.165) is 17.2 Å². The van der Waals surface area contributed by atoms with E-state index in [-0.39, 0.29) is 17.4 Å². The van der Waals surface area contributed by atoms with Gasteiger partial charge in [-0.1, -0.05) is 6.07 Å². The van der Waals surface area contributed by atoms with Gasteiger partial charge in [-0.15, -0.1) is 0 Å². The van der Waals surface area contributed by atoms with Crippen LogP contribution in [0, 0.1) is 0 Å². The van der Waals surface area contributed by atoms with Gasteiger partial charge >= 0.3 is 0 Å². The van der Waals surface area contributed by atoms with Crippen LogP contribution in [0.3, 0.4) is 0 Å². The number of nitrogens with one attached hydrogen (secondary N) is 2. The van der Waals surface area contributed by atoms with Gasteiger partial charge in [0.1, 0.15) is 22.4 Å². The van der Waals surface area contributed by atoms with E-state index in [0.29, 0.717) is 30.3 Å². The Morgan fingerprint density at radius 1 is 1.38 bits per heavy atom. The quantitative estimate of drug-likeness (QED) is 0.446. The molecule has 1 aromatic carbocycles. The molecule has 2 aromatic heterocycles. The van der Waals surface area contributed by atoms with E-state index in [4.69, 9.17) is 16.2 Å². The van der Waals surface area contributed by atoms with Crippen LogP contribution in [0.1, 0.15) is 10.4 Å². The molecule has 0 saturated heterocycles. The smallest absolute Gasteiger partial charge is 0.254 e. The standard InChI is InChI=1S/C15H18N8O2S/c1-25-7-8(16)5-18-15-19-6-9(13(17)24)14(21-15)20-10-3-2-4-11-12(10)23-26-22-11/h2-4,6,8H,5,7,16H2,1H3,(H2,17,24)(H2,18,19,20,21)/t8-/m1/s1. The van der Waals surface area contributed by atoms with Gasteiger partial charge in [0.15, 0.2) is 0 Å². The van der Waals surface area contributed by atoms with Crippen LogP contribution in [-0.4, -0.2) is 50.9 Å². The molecular formula is C15H18N8O2S. The van der Waals surface area contributed by atoms with Gasteiger partial charge in [0, 0.05) is 25.9 Å². The number of anilines is 3. The van der Waals surface area contributed by atoms with Crippen LogP contribution in [0.5, 0.6) is 0 Å². The zero-order valence-corrected chi connectivity index (χ0v) is 14.8. The van der Waals surface area contributed by atoms with Crippen LogP contribution < -0.4 is 22.1 Å². The predicted molar refractivity (Wildman–Crippen MR) is 99.6 cm³/mol. The molecule has 0 aliphatic carbocycles. The number of aromatic nitrogens is 4. The van der Waals surface area contributed by atoms with Crippen molar-refractivity contribution in [1.82, 2.24) is 18.7 Å². The second kappa shape index (κ2) is 7.99. The maximum absolute atomic E-state index is 11.7. The molecule has 0 unspecified atom stereocenters. The van der Waals surface area contributed by atoms with E-state index in [2.05, 4.69) is 29.3 Å². The molecular weight excluding hydrogens is 356 g/mol. The van der Waals surface area contributed by atoms with E-state index in [1.54, 1.807) is 7.11 Å². The van der Waals surface area contributed by atoms with Crippen molar-refractivity contribution < 1.29 is 9.53 Å². The second-order valence-corrected chi connectivity index (χ2v) is 6.01. The summed E-state index contributed by atoms with van der Waals surface area (Å²) in [6.07, 6.45) is 1.36. The van der Waals surface area contributed by atoms with Crippen LogP contribution in [0.4, 0.5) is 17.5 Å². The van der Waals surface area contributed by atoms with Gasteiger partial charge in [0.2, 0.25) is 5.95 Å². The highest BCUT2D eigenvalue weighted by Crippen LogP contribution is 2.26. The summed E-state index contributed by atoms with van der Waals surface area (Å²) >= 11 is 1.10. The number of carbonyl (C=O) groups is 1. The third-order valence-corrected chi connectivity index (χ3v) is 4.04. The molecule has 11 heteroatoms. The van der Waals surface area contributed by atoms with Gasteiger partial charge in [-0.2, -0.15) is 13.7 Å². The topological polar surface area (TPSA) is 154 Å². The molecule has 26 heavy (non-hydrogen) atoms. The SMILES string of the molecule is COC[C@H](N)CNc1ncc(C(N)=O)c(Nc2cccc3nsnc23)n1. The van der Waals surface area contributed by atoms with Crippen LogP contribution in [-0.2, 0) is 4.74 Å². The average molecular weight is 374 g/mol. The maximum atomic E-state index is 11.7. The molecule has 1 amide bonds. The molecule has 2 heterocycles. The molecule has 1 atom stereocenters. The minimum absolute atomic E-state index is 0.164. The molecule has 10 nitrogen and oxygen atoms in total. The molecule has 0 radical (unpaired) electrons. The molecule has 0 bridgehead atoms. The van der Waals surface area contributed by atoms with Crippen LogP contribution in [0.2, 0.25) is 0 Å². The number of hydrogen-bond donors (Lipinski definition) is 4. The highest BCUT2D eigenvalue weighted by molar-refractivity contribution is 7.00. The number of nitrogens with zero attached hydrogens (tertiary/aromatic N) is 4. The number of amides is 1. The Balaban J connectivity index is 1.87. The monoisotopic (exact) mass is 374 g/mol. The number of nitrogens with two attached hydrogens (primary N) is 2. The number of benzene rings is 1. The van der Waals surface area contributed by atoms with Crippen molar-refractivity contribution in [2.24, 2.45) is 11.5 Å². The van der Waals surface area contributed by atoms with Gasteiger partial charge in [-0.05, 0) is 12.1 Å². The number of fused-ring (bicyclic) bond motifs is 1. The highest BCUT2D eigenvalue weighted by Gasteiger charge is 2.15. The summed E-state index contributed by atoms with van der Waals surface area (Å²) < 4.78 is 13.4. The van der Waals surface area contributed by atoms with Gasteiger partial charge in [0.05, 0.1) is 24.0 Å². The summed E-state index contributed by atoms with van der Waals surface area (Å²) in [5.74, 6) is -0.0536. The largest absolute Gasteiger partial charge is 0.383 e. The number of methoxy groups -OCH3 is 1. The van der Waals surface area contributed by atoms with Crippen molar-refractivity contribution in [3.63, 3.8) is 0 Å². The lowest BCUT2D eigenvalue weighted by molar-refractivity contribution is 0.100. The van der Waals surface area contributed by atoms with E-state index >= 15 is 0 Å². The molecule has 0 aliphatic rings. The predicted octanol–water partition coefficient (Wildman–Crippen LogP) is 0.709. The Bertz CT molecular complexity index is 916. The van der Waals surface area contributed by atoms with Crippen LogP contribution in [0.25, 0.3) is 11.0 Å². The normalized spacial score (nSPS) is 12.1. The first-order valence-electron chi connectivity index (χ1n) is 7.72. The zero-order valence-electron chi connectivity index (χ0n) is 14.0. The fourth-order valence-corrected chi connectivity index (χ4v) is 2.82. The Morgan fingerprint density at radius 3 is 3.00 bits per heavy atom. The third kappa shape index (κ3) is 4.02. The minimum Gasteiger partial charge on any atom is -0.383 e. The highest BCUT2D eigenvalue weighted by atomic mass is 32.1. The van der Waals surface area contributed by atoms with E-state index in [1.807, 2.05) is 18.2 Å². The van der Waals surface area contributed by atoms with Crippen LogP contribution in [0.15, 0.2) is 24.4 Å². The Labute approximate surface area is 153 Å². The lowest BCUT2D eigenvalue weighted by Crippen LogP contribution is -2.33. The maximum Gasteiger partial charge on any atom is 0.254 e. The number of carbonyl (C=O) groups excluding carboxylic acids is 1. The molecule has 136 valence electrons. The molecule has 0 aliphatic heterocycles. The fraction of sp³-hybridized carbons (Fsp3) is 0.267. The number of rotatable bonds is 8. The summed E-state index contributed by atoms with van der Waals surface area (Å²) in [5.41, 5.74) is 13.6. The Kier molecular flexibility index (Phi) is 5.51. The summed E-state index contributed by atoms with van der Waals surface area (Å²) in [6, 6.07) is 5.28. The molecule has 0 fully saturated rings. The minimum atomic E-state index is -0.640. The van der Waals surface area contributed by atoms with Gasteiger partial charge in [-0.25, -0.2) is 4.98 Å². The van der Waals surface area contributed by atoms with Crippen molar-refractivity contribution in [3.8, 4) is 0 Å². The second-order valence-electron chi connectivity index (χ2n) is 5.48. The average Bonchev–Trinajstić information content (AvgIpc) is 3.10. The number of ether oxygens (including phenoxy) is 1. The summed E-state index contributed by atoms with van der Waals surface area (Å²) in [7, 11) is 1.58. The molecule has 3 aromatic rings. The van der Waals surface area contributed by atoms with Crippen molar-refractivity contribution >= 4 is 46.1 Å². The first kappa shape index (κ1) is 17.9. The van der Waals surface area contributed by atoms with Crippen LogP contribution >= 0.6 is 11.7 Å². The Hall–Kier alpha value is -2.89. The van der Waals surface area contributed by atoms with Gasteiger partial charge < -0.3 is 26.8 Å². The van der Waals surface area contributed by atoms with Crippen molar-refractivity contribution in [1.29, 1.82) is 0 Å². The first-order valence-corrected chi connectivity index (χ1v) is 8.45. The van der Waals surface area contributed by atoms with Crippen molar-refractivity contribution in [2.45, 2.75) is 6.04 Å². The molecule has 0 spiro atoms. The first-order chi connectivity index (χ1) is 12.6. The Morgan fingerprint density at radius 2 is 2.23 bits per heavy atom. The third-order valence-electron chi connectivity index (χ3n) is 3.50. The zero-order chi connectivity index (χ0) is 18.5. The van der Waals surface area contributed by atoms with Crippen molar-refractivity contribution in [2.75, 3.05) is 30.9 Å². The molecule has 6 N–H and O–H groups in total. The van der Waals surface area contributed by atoms with Crippen molar-refractivity contribution in [3.05, 3.63) is 30.0 Å². The van der Waals surface area contributed by atoms with Gasteiger partial charge in [0.25, 0.3) is 5.91 Å². The van der Waals surface area contributed by atoms with Gasteiger partial charge in [-0.3, -0.25) is 4.79 Å².